The molecular formula is C57H54BN2O. The summed E-state index contributed by atoms with van der Waals surface area (Å²) in [6, 6.07) is 45.7. The normalized spacial score (nSPS) is 14.4. The molecule has 1 aliphatic heterocycles. The van der Waals surface area contributed by atoms with Crippen molar-refractivity contribution in [3.63, 3.8) is 0 Å². The van der Waals surface area contributed by atoms with Crippen LogP contribution in [0.5, 0.6) is 0 Å². The SMILES string of the molecule is CC(C)(C)c1ccc(Nc2ccc(C(C)(C)C)cc2-c2c3c4c(c5cc(C(C)(C)C)ccc5n4-c4cc5c(cc4[B]3)-c3ccccc3C5(C)C)c3c2oc2ccccc23)cc1. The molecule has 1 N–H and O–H groups in total. The second kappa shape index (κ2) is 12.5. The molecule has 0 fully saturated rings. The minimum Gasteiger partial charge on any atom is -0.455 e. The number of aromatic nitrogens is 1. The van der Waals surface area contributed by atoms with Crippen LogP contribution in [0.25, 0.3) is 71.7 Å². The van der Waals surface area contributed by atoms with Gasteiger partial charge in [-0.15, -0.1) is 0 Å². The van der Waals surface area contributed by atoms with Gasteiger partial charge >= 0.3 is 0 Å². The summed E-state index contributed by atoms with van der Waals surface area (Å²) in [6.45, 7) is 25.4. The van der Waals surface area contributed by atoms with Crippen molar-refractivity contribution in [1.29, 1.82) is 0 Å². The fourth-order valence-electron chi connectivity index (χ4n) is 10.4. The van der Waals surface area contributed by atoms with Gasteiger partial charge in [0.1, 0.15) is 11.2 Å². The van der Waals surface area contributed by atoms with Crippen LogP contribution in [0, 0.1) is 0 Å². The molecule has 2 aromatic heterocycles. The van der Waals surface area contributed by atoms with E-state index in [1.54, 1.807) is 0 Å². The molecule has 2 aliphatic rings. The molecule has 3 heterocycles. The number of furan rings is 1. The molecule has 0 amide bonds. The first-order valence-corrected chi connectivity index (χ1v) is 22.0. The third-order valence-corrected chi connectivity index (χ3v) is 13.9. The van der Waals surface area contributed by atoms with Gasteiger partial charge in [0.15, 0.2) is 7.28 Å². The molecule has 0 bridgehead atoms. The Hall–Kier alpha value is -6.00. The molecule has 1 radical (unpaired) electrons. The summed E-state index contributed by atoms with van der Waals surface area (Å²) in [5.41, 5.74) is 21.4. The zero-order valence-corrected chi connectivity index (χ0v) is 37.5. The van der Waals surface area contributed by atoms with Crippen LogP contribution in [0.4, 0.5) is 11.4 Å². The number of fused-ring (bicyclic) bond motifs is 12. The predicted molar refractivity (Wildman–Crippen MR) is 262 cm³/mol. The summed E-state index contributed by atoms with van der Waals surface area (Å²) < 4.78 is 9.83. The van der Waals surface area contributed by atoms with E-state index in [4.69, 9.17) is 4.42 Å². The number of nitrogens with zero attached hydrogens (tertiary/aromatic N) is 1. The summed E-state index contributed by atoms with van der Waals surface area (Å²) >= 11 is 0. The second-order valence-electron chi connectivity index (χ2n) is 21.4. The van der Waals surface area contributed by atoms with Crippen LogP contribution >= 0.6 is 0 Å². The molecule has 4 heteroatoms. The van der Waals surface area contributed by atoms with E-state index in [0.717, 1.165) is 39.1 Å². The van der Waals surface area contributed by atoms with E-state index in [0.29, 0.717) is 0 Å². The molecular weight excluding hydrogens is 739 g/mol. The van der Waals surface area contributed by atoms with Crippen LogP contribution in [0.3, 0.4) is 0 Å². The number of rotatable bonds is 3. The number of hydrogen-bond acceptors (Lipinski definition) is 2. The van der Waals surface area contributed by atoms with E-state index < -0.39 is 0 Å². The van der Waals surface area contributed by atoms with Gasteiger partial charge < -0.3 is 14.3 Å². The fraction of sp³-hybridized carbons (Fsp3) is 0.263. The summed E-state index contributed by atoms with van der Waals surface area (Å²) in [6.07, 6.45) is 0. The maximum atomic E-state index is 7.23. The topological polar surface area (TPSA) is 30.1 Å². The quantitative estimate of drug-likeness (QED) is 0.181. The maximum absolute atomic E-state index is 7.23. The molecule has 9 aromatic rings. The Morgan fingerprint density at radius 1 is 0.574 bits per heavy atom. The third-order valence-electron chi connectivity index (χ3n) is 13.9. The lowest BCUT2D eigenvalue weighted by Crippen LogP contribution is -2.38. The molecule has 61 heavy (non-hydrogen) atoms. The van der Waals surface area contributed by atoms with Gasteiger partial charge in [0.05, 0.1) is 5.52 Å². The zero-order chi connectivity index (χ0) is 42.5. The van der Waals surface area contributed by atoms with Gasteiger partial charge in [-0.3, -0.25) is 0 Å². The average Bonchev–Trinajstić information content (AvgIpc) is 3.83. The monoisotopic (exact) mass is 793 g/mol. The molecule has 0 saturated carbocycles. The smallest absolute Gasteiger partial charge is 0.198 e. The standard InChI is InChI=1S/C57H54BN2O/c1-54(2,3)32-20-24-35(25-21-32)59-44-26-22-33(55(4,5)6)28-39(44)50-51-52-48(49-37-17-13-15-19-47(37)61-53(49)50)40-29-34(56(7,8)9)23-27-45(40)60(52)46-31-42-38(30-43(46)58-51)36-16-12-14-18-41(36)57(42,10)11/h12-31,59H,1-11H3. The van der Waals surface area contributed by atoms with Gasteiger partial charge in [0.25, 0.3) is 0 Å². The molecule has 0 unspecified atom stereocenters. The lowest BCUT2D eigenvalue weighted by Gasteiger charge is -2.28. The van der Waals surface area contributed by atoms with Crippen molar-refractivity contribution in [2.24, 2.45) is 0 Å². The van der Waals surface area contributed by atoms with Gasteiger partial charge in [0, 0.05) is 60.7 Å². The maximum Gasteiger partial charge on any atom is 0.198 e. The van der Waals surface area contributed by atoms with E-state index in [-0.39, 0.29) is 21.7 Å². The summed E-state index contributed by atoms with van der Waals surface area (Å²) in [4.78, 5) is 0. The van der Waals surface area contributed by atoms with Crippen LogP contribution in [-0.2, 0) is 21.7 Å². The minimum absolute atomic E-state index is 0.0250. The lowest BCUT2D eigenvalue weighted by atomic mass is 9.58. The molecule has 0 spiro atoms. The molecule has 7 aromatic carbocycles. The molecule has 11 rings (SSSR count). The van der Waals surface area contributed by atoms with E-state index in [9.17, 15) is 0 Å². The summed E-state index contributed by atoms with van der Waals surface area (Å²) in [5.74, 6) is 0. The highest BCUT2D eigenvalue weighted by molar-refractivity contribution is 6.74. The Balaban J connectivity index is 1.29. The Morgan fingerprint density at radius 3 is 1.97 bits per heavy atom. The highest BCUT2D eigenvalue weighted by atomic mass is 16.3. The molecule has 301 valence electrons. The van der Waals surface area contributed by atoms with Crippen LogP contribution < -0.4 is 16.2 Å². The van der Waals surface area contributed by atoms with Gasteiger partial charge in [-0.2, -0.15) is 0 Å². The fourth-order valence-corrected chi connectivity index (χ4v) is 10.4. The van der Waals surface area contributed by atoms with E-state index in [1.165, 1.54) is 82.7 Å². The third kappa shape index (κ3) is 5.57. The highest BCUT2D eigenvalue weighted by Gasteiger charge is 2.39. The van der Waals surface area contributed by atoms with Gasteiger partial charge in [-0.25, -0.2) is 0 Å². The molecule has 3 nitrogen and oxygen atoms in total. The minimum atomic E-state index is -0.127. The Labute approximate surface area is 361 Å². The lowest BCUT2D eigenvalue weighted by molar-refractivity contribution is 0.590. The Bertz CT molecular complexity index is 3320. The van der Waals surface area contributed by atoms with Gasteiger partial charge in [0.2, 0.25) is 0 Å². The number of benzene rings is 7. The van der Waals surface area contributed by atoms with Crippen LogP contribution in [-0.4, -0.2) is 11.8 Å². The van der Waals surface area contributed by atoms with Gasteiger partial charge in [-0.1, -0.05) is 154 Å². The van der Waals surface area contributed by atoms with Crippen molar-refractivity contribution < 1.29 is 4.42 Å². The number of nitrogens with one attached hydrogen (secondary N) is 1. The number of hydrogen-bond donors (Lipinski definition) is 1. The van der Waals surface area contributed by atoms with Crippen LogP contribution in [0.15, 0.2) is 126 Å². The molecule has 1 aliphatic carbocycles. The van der Waals surface area contributed by atoms with Crippen molar-refractivity contribution in [3.05, 3.63) is 149 Å². The largest absolute Gasteiger partial charge is 0.455 e. The van der Waals surface area contributed by atoms with E-state index >= 15 is 0 Å². The second-order valence-corrected chi connectivity index (χ2v) is 21.4. The van der Waals surface area contributed by atoms with Crippen LogP contribution in [0.1, 0.15) is 104 Å². The van der Waals surface area contributed by atoms with Crippen molar-refractivity contribution in [1.82, 2.24) is 4.57 Å². The first kappa shape index (κ1) is 38.0. The molecule has 0 atom stereocenters. The van der Waals surface area contributed by atoms with Crippen molar-refractivity contribution >= 4 is 73.3 Å². The first-order chi connectivity index (χ1) is 28.9. The van der Waals surface area contributed by atoms with E-state index in [2.05, 4.69) is 215 Å². The average molecular weight is 794 g/mol. The summed E-state index contributed by atoms with van der Waals surface area (Å²) in [7, 11) is 2.48. The molecule has 0 saturated heterocycles. The van der Waals surface area contributed by atoms with E-state index in [1.807, 2.05) is 0 Å². The van der Waals surface area contributed by atoms with Crippen molar-refractivity contribution in [2.45, 2.75) is 97.8 Å². The van der Waals surface area contributed by atoms with Crippen molar-refractivity contribution in [2.75, 3.05) is 5.32 Å². The van der Waals surface area contributed by atoms with Crippen LogP contribution in [0.2, 0.25) is 0 Å². The highest BCUT2D eigenvalue weighted by Crippen LogP contribution is 2.51. The van der Waals surface area contributed by atoms with Gasteiger partial charge in [-0.05, 0) is 109 Å². The first-order valence-electron chi connectivity index (χ1n) is 22.0. The predicted octanol–water partition coefficient (Wildman–Crippen LogP) is 14.3. The van der Waals surface area contributed by atoms with Crippen molar-refractivity contribution in [3.8, 4) is 27.9 Å². The number of anilines is 2. The summed E-state index contributed by atoms with van der Waals surface area (Å²) in [5, 5.41) is 8.75. The zero-order valence-electron chi connectivity index (χ0n) is 37.5. The Morgan fingerprint density at radius 2 is 1.23 bits per heavy atom. The Kier molecular flexibility index (Phi) is 7.80. The number of para-hydroxylation sites is 1.